The minimum atomic E-state index is 0.856. The van der Waals surface area contributed by atoms with Gasteiger partial charge in [-0.05, 0) is 40.8 Å². The molecule has 0 saturated heterocycles. The third-order valence-electron chi connectivity index (χ3n) is 3.41. The first-order valence-electron chi connectivity index (χ1n) is 5.74. The Balaban J connectivity index is 2.22. The van der Waals surface area contributed by atoms with Gasteiger partial charge in [0.15, 0.2) is 5.65 Å². The topological polar surface area (TPSA) is 25.8 Å². The van der Waals surface area contributed by atoms with Crippen LogP contribution in [0, 0.1) is 0 Å². The summed E-state index contributed by atoms with van der Waals surface area (Å²) < 4.78 is 0. The van der Waals surface area contributed by atoms with Gasteiger partial charge in [0.2, 0.25) is 0 Å². The largest absolute Gasteiger partial charge is 0.237 e. The summed E-state index contributed by atoms with van der Waals surface area (Å²) in [5, 5.41) is 1.22. The fourth-order valence-electron chi connectivity index (χ4n) is 2.66. The lowest BCUT2D eigenvalue weighted by Crippen LogP contribution is -2.02. The SMILES string of the molecule is c1ccc2c(c1)Cc1ccnc3nccc-2c13. The van der Waals surface area contributed by atoms with E-state index in [-0.39, 0.29) is 0 Å². The van der Waals surface area contributed by atoms with E-state index in [1.807, 2.05) is 12.4 Å². The van der Waals surface area contributed by atoms with Crippen LogP contribution in [0.5, 0.6) is 0 Å². The molecule has 2 heteroatoms. The van der Waals surface area contributed by atoms with Gasteiger partial charge in [-0.15, -0.1) is 0 Å². The van der Waals surface area contributed by atoms with Gasteiger partial charge in [-0.3, -0.25) is 0 Å². The fourth-order valence-corrected chi connectivity index (χ4v) is 2.66. The molecule has 2 nitrogen and oxygen atoms in total. The van der Waals surface area contributed by atoms with Crippen LogP contribution in [0.25, 0.3) is 22.2 Å². The highest BCUT2D eigenvalue weighted by molar-refractivity contribution is 5.98. The van der Waals surface area contributed by atoms with Crippen LogP contribution in [0.15, 0.2) is 48.8 Å². The van der Waals surface area contributed by atoms with Crippen molar-refractivity contribution in [3.05, 3.63) is 59.9 Å². The van der Waals surface area contributed by atoms with Gasteiger partial charge < -0.3 is 0 Å². The Morgan fingerprint density at radius 2 is 1.59 bits per heavy atom. The lowest BCUT2D eigenvalue weighted by atomic mass is 9.86. The standard InChI is InChI=1S/C15H10N2/c1-2-4-12-10(3-1)9-11-5-7-16-15-14(11)13(12)6-8-17-15/h1-8H,9H2. The Morgan fingerprint density at radius 1 is 0.765 bits per heavy atom. The highest BCUT2D eigenvalue weighted by Crippen LogP contribution is 2.37. The van der Waals surface area contributed by atoms with E-state index in [4.69, 9.17) is 0 Å². The van der Waals surface area contributed by atoms with E-state index in [2.05, 4.69) is 46.4 Å². The molecule has 0 atom stereocenters. The maximum atomic E-state index is 4.35. The number of hydrogen-bond donors (Lipinski definition) is 0. The Hall–Kier alpha value is -2.22. The molecular formula is C15H10N2. The Bertz CT molecular complexity index is 727. The predicted octanol–water partition coefficient (Wildman–Crippen LogP) is 3.20. The number of rotatable bonds is 0. The second-order valence-electron chi connectivity index (χ2n) is 4.36. The number of benzene rings is 1. The number of nitrogens with zero attached hydrogens (tertiary/aromatic N) is 2. The summed E-state index contributed by atoms with van der Waals surface area (Å²) in [5.41, 5.74) is 6.16. The van der Waals surface area contributed by atoms with Crippen LogP contribution in [0.1, 0.15) is 11.1 Å². The van der Waals surface area contributed by atoms with Crippen LogP contribution in [0.4, 0.5) is 0 Å². The van der Waals surface area contributed by atoms with Crippen LogP contribution in [0.2, 0.25) is 0 Å². The van der Waals surface area contributed by atoms with E-state index in [0.717, 1.165) is 12.1 Å². The van der Waals surface area contributed by atoms with E-state index in [9.17, 15) is 0 Å². The summed E-state index contributed by atoms with van der Waals surface area (Å²) in [5.74, 6) is 0. The number of aromatic nitrogens is 2. The van der Waals surface area contributed by atoms with Gasteiger partial charge in [0, 0.05) is 17.8 Å². The summed E-state index contributed by atoms with van der Waals surface area (Å²) in [6.07, 6.45) is 4.67. The Labute approximate surface area is 99.0 Å². The van der Waals surface area contributed by atoms with Gasteiger partial charge in [0.1, 0.15) is 0 Å². The van der Waals surface area contributed by atoms with Crippen molar-refractivity contribution < 1.29 is 0 Å². The summed E-state index contributed by atoms with van der Waals surface area (Å²) >= 11 is 0. The van der Waals surface area contributed by atoms with E-state index in [1.165, 1.54) is 27.6 Å². The molecular weight excluding hydrogens is 208 g/mol. The highest BCUT2D eigenvalue weighted by atomic mass is 14.8. The van der Waals surface area contributed by atoms with Gasteiger partial charge >= 0.3 is 0 Å². The number of pyridine rings is 2. The molecule has 0 spiro atoms. The van der Waals surface area contributed by atoms with E-state index in [1.54, 1.807) is 0 Å². The van der Waals surface area contributed by atoms with Gasteiger partial charge in [-0.2, -0.15) is 0 Å². The minimum absolute atomic E-state index is 0.856. The van der Waals surface area contributed by atoms with E-state index < -0.39 is 0 Å². The molecule has 0 saturated carbocycles. The molecule has 1 aliphatic rings. The highest BCUT2D eigenvalue weighted by Gasteiger charge is 2.17. The second-order valence-corrected chi connectivity index (χ2v) is 4.36. The maximum absolute atomic E-state index is 4.35. The number of fused-ring (bicyclic) bond motifs is 2. The molecule has 80 valence electrons. The quantitative estimate of drug-likeness (QED) is 0.453. The van der Waals surface area contributed by atoms with Crippen molar-refractivity contribution in [1.29, 1.82) is 0 Å². The van der Waals surface area contributed by atoms with Crippen LogP contribution >= 0.6 is 0 Å². The third-order valence-corrected chi connectivity index (χ3v) is 3.41. The van der Waals surface area contributed by atoms with Crippen molar-refractivity contribution in [3.63, 3.8) is 0 Å². The molecule has 2 aromatic heterocycles. The molecule has 0 amide bonds. The first-order valence-corrected chi connectivity index (χ1v) is 5.74. The fraction of sp³-hybridized carbons (Fsp3) is 0.0667. The summed E-state index contributed by atoms with van der Waals surface area (Å²) in [6, 6.07) is 12.8. The van der Waals surface area contributed by atoms with Crippen molar-refractivity contribution in [2.75, 3.05) is 0 Å². The molecule has 3 aromatic rings. The molecule has 17 heavy (non-hydrogen) atoms. The van der Waals surface area contributed by atoms with Gasteiger partial charge in [-0.1, -0.05) is 24.3 Å². The average Bonchev–Trinajstić information content (AvgIpc) is 2.39. The molecule has 0 radical (unpaired) electrons. The monoisotopic (exact) mass is 218 g/mol. The molecule has 2 heterocycles. The van der Waals surface area contributed by atoms with Gasteiger partial charge in [-0.25, -0.2) is 9.97 Å². The molecule has 0 bridgehead atoms. The lowest BCUT2D eigenvalue weighted by molar-refractivity contribution is 1.16. The van der Waals surface area contributed by atoms with Crippen LogP contribution in [0.3, 0.4) is 0 Å². The molecule has 0 aliphatic heterocycles. The van der Waals surface area contributed by atoms with Gasteiger partial charge in [0.05, 0.1) is 0 Å². The van der Waals surface area contributed by atoms with E-state index >= 15 is 0 Å². The first-order chi connectivity index (χ1) is 8.43. The molecule has 0 N–H and O–H groups in total. The zero-order valence-electron chi connectivity index (χ0n) is 9.22. The average molecular weight is 218 g/mol. The van der Waals surface area contributed by atoms with Crippen molar-refractivity contribution in [1.82, 2.24) is 9.97 Å². The van der Waals surface area contributed by atoms with Crippen molar-refractivity contribution in [2.24, 2.45) is 0 Å². The maximum Gasteiger partial charge on any atom is 0.160 e. The summed E-state index contributed by atoms with van der Waals surface area (Å²) in [6.45, 7) is 0. The Morgan fingerprint density at radius 3 is 2.53 bits per heavy atom. The van der Waals surface area contributed by atoms with Crippen molar-refractivity contribution >= 4 is 11.0 Å². The second kappa shape index (κ2) is 3.14. The first kappa shape index (κ1) is 8.88. The van der Waals surface area contributed by atoms with Crippen LogP contribution in [-0.2, 0) is 6.42 Å². The van der Waals surface area contributed by atoms with E-state index in [0.29, 0.717) is 0 Å². The van der Waals surface area contributed by atoms with Crippen LogP contribution < -0.4 is 0 Å². The molecule has 0 fully saturated rings. The lowest BCUT2D eigenvalue weighted by Gasteiger charge is -2.19. The minimum Gasteiger partial charge on any atom is -0.237 e. The molecule has 1 aromatic carbocycles. The van der Waals surface area contributed by atoms with Crippen molar-refractivity contribution in [2.45, 2.75) is 6.42 Å². The third kappa shape index (κ3) is 1.15. The molecule has 4 rings (SSSR count). The molecule has 1 aliphatic carbocycles. The normalized spacial score (nSPS) is 12.5. The Kier molecular flexibility index (Phi) is 1.64. The summed E-state index contributed by atoms with van der Waals surface area (Å²) in [7, 11) is 0. The number of hydrogen-bond acceptors (Lipinski definition) is 2. The zero-order valence-corrected chi connectivity index (χ0v) is 9.22. The predicted molar refractivity (Wildman–Crippen MR) is 67.8 cm³/mol. The van der Waals surface area contributed by atoms with Crippen LogP contribution in [-0.4, -0.2) is 9.97 Å². The van der Waals surface area contributed by atoms with Gasteiger partial charge in [0.25, 0.3) is 0 Å². The smallest absolute Gasteiger partial charge is 0.160 e. The van der Waals surface area contributed by atoms with Crippen molar-refractivity contribution in [3.8, 4) is 11.1 Å². The molecule has 0 unspecified atom stereocenters. The summed E-state index contributed by atoms with van der Waals surface area (Å²) in [4.78, 5) is 8.69. The zero-order chi connectivity index (χ0) is 11.2.